The van der Waals surface area contributed by atoms with E-state index < -0.39 is 0 Å². The van der Waals surface area contributed by atoms with Gasteiger partial charge in [0, 0.05) is 6.54 Å². The third-order valence-electron chi connectivity index (χ3n) is 3.68. The van der Waals surface area contributed by atoms with E-state index in [4.69, 9.17) is 0 Å². The number of carbonyl (C=O) groups excluding carboxylic acids is 1. The van der Waals surface area contributed by atoms with Crippen LogP contribution in [0.15, 0.2) is 30.6 Å². The second kappa shape index (κ2) is 4.84. The number of nitrogens with one attached hydrogen (secondary N) is 1. The lowest BCUT2D eigenvalue weighted by molar-refractivity contribution is 0.0723. The van der Waals surface area contributed by atoms with Crippen molar-refractivity contribution < 1.29 is 4.79 Å². The van der Waals surface area contributed by atoms with Gasteiger partial charge in [0.25, 0.3) is 5.91 Å². The molecule has 0 spiro atoms. The van der Waals surface area contributed by atoms with Gasteiger partial charge in [0.2, 0.25) is 5.82 Å². The van der Waals surface area contributed by atoms with Crippen LogP contribution in [0.25, 0.3) is 0 Å². The second-order valence-electron chi connectivity index (χ2n) is 4.85. The minimum absolute atomic E-state index is 0.0664. The smallest absolute Gasteiger partial charge is 0.291 e. The Labute approximate surface area is 111 Å². The molecule has 2 heterocycles. The molecule has 1 fully saturated rings. The van der Waals surface area contributed by atoms with E-state index in [0.717, 1.165) is 19.4 Å². The van der Waals surface area contributed by atoms with Crippen LogP contribution in [0.5, 0.6) is 0 Å². The van der Waals surface area contributed by atoms with Gasteiger partial charge in [0.15, 0.2) is 0 Å². The Hall–Kier alpha value is -2.17. The van der Waals surface area contributed by atoms with Gasteiger partial charge in [-0.15, -0.1) is 0 Å². The van der Waals surface area contributed by atoms with E-state index in [1.807, 2.05) is 17.0 Å². The molecule has 1 aliphatic rings. The van der Waals surface area contributed by atoms with E-state index in [-0.39, 0.29) is 11.9 Å². The zero-order valence-electron chi connectivity index (χ0n) is 10.8. The molecule has 1 atom stereocenters. The molecule has 0 bridgehead atoms. The lowest BCUT2D eigenvalue weighted by Gasteiger charge is -2.25. The molecule has 5 heteroatoms. The monoisotopic (exact) mass is 256 g/mol. The molecule has 98 valence electrons. The van der Waals surface area contributed by atoms with Crippen LogP contribution in [0.1, 0.15) is 40.6 Å². The van der Waals surface area contributed by atoms with Gasteiger partial charge in [-0.05, 0) is 30.9 Å². The molecule has 1 aliphatic heterocycles. The molecule has 1 unspecified atom stereocenters. The van der Waals surface area contributed by atoms with Crippen molar-refractivity contribution in [2.45, 2.75) is 25.8 Å². The van der Waals surface area contributed by atoms with Crippen molar-refractivity contribution in [2.24, 2.45) is 0 Å². The summed E-state index contributed by atoms with van der Waals surface area (Å²) in [6.45, 7) is 2.86. The predicted octanol–water partition coefficient (Wildman–Crippen LogP) is 2.09. The molecule has 1 aromatic heterocycles. The summed E-state index contributed by atoms with van der Waals surface area (Å²) >= 11 is 0. The van der Waals surface area contributed by atoms with Crippen molar-refractivity contribution in [1.82, 2.24) is 20.1 Å². The molecule has 5 nitrogen and oxygen atoms in total. The van der Waals surface area contributed by atoms with E-state index in [0.29, 0.717) is 5.82 Å². The lowest BCUT2D eigenvalue weighted by Crippen LogP contribution is -2.31. The maximum absolute atomic E-state index is 12.4. The summed E-state index contributed by atoms with van der Waals surface area (Å²) in [5.41, 5.74) is 2.46. The van der Waals surface area contributed by atoms with Crippen LogP contribution in [-0.4, -0.2) is 32.5 Å². The molecule has 19 heavy (non-hydrogen) atoms. The third-order valence-corrected chi connectivity index (χ3v) is 3.68. The van der Waals surface area contributed by atoms with Gasteiger partial charge in [0.1, 0.15) is 6.33 Å². The summed E-state index contributed by atoms with van der Waals surface area (Å²) in [6.07, 6.45) is 3.40. The zero-order chi connectivity index (χ0) is 13.2. The number of amides is 1. The number of nitrogens with zero attached hydrogens (tertiary/aromatic N) is 3. The van der Waals surface area contributed by atoms with E-state index in [1.54, 1.807) is 0 Å². The number of hydrogen-bond acceptors (Lipinski definition) is 3. The highest BCUT2D eigenvalue weighted by molar-refractivity contribution is 5.90. The Bertz CT molecular complexity index is 579. The Balaban J connectivity index is 1.90. The molecular formula is C14H16N4O. The van der Waals surface area contributed by atoms with Gasteiger partial charge in [-0.2, -0.15) is 5.10 Å². The standard InChI is InChI=1S/C14H16N4O/c1-10-5-2-3-6-11(10)12-7-4-8-18(12)14(19)13-15-9-16-17-13/h2-3,5-6,9,12H,4,7-8H2,1H3,(H,15,16,17). The number of likely N-dealkylation sites (tertiary alicyclic amines) is 1. The first-order valence-corrected chi connectivity index (χ1v) is 6.49. The number of H-pyrrole nitrogens is 1. The Morgan fingerprint density at radius 2 is 2.26 bits per heavy atom. The molecule has 0 saturated carbocycles. The first-order chi connectivity index (χ1) is 9.27. The van der Waals surface area contributed by atoms with Crippen LogP contribution in [0.4, 0.5) is 0 Å². The van der Waals surface area contributed by atoms with E-state index >= 15 is 0 Å². The summed E-state index contributed by atoms with van der Waals surface area (Å²) < 4.78 is 0. The van der Waals surface area contributed by atoms with Crippen molar-refractivity contribution >= 4 is 5.91 Å². The van der Waals surface area contributed by atoms with Crippen molar-refractivity contribution in [3.8, 4) is 0 Å². The Morgan fingerprint density at radius 3 is 3.00 bits per heavy atom. The van der Waals surface area contributed by atoms with E-state index in [1.165, 1.54) is 17.5 Å². The fraction of sp³-hybridized carbons (Fsp3) is 0.357. The molecule has 1 amide bonds. The van der Waals surface area contributed by atoms with Crippen molar-refractivity contribution in [1.29, 1.82) is 0 Å². The normalized spacial score (nSPS) is 18.8. The quantitative estimate of drug-likeness (QED) is 0.895. The van der Waals surface area contributed by atoms with Gasteiger partial charge in [-0.3, -0.25) is 9.89 Å². The minimum Gasteiger partial charge on any atom is -0.329 e. The third kappa shape index (κ3) is 2.12. The van der Waals surface area contributed by atoms with Crippen molar-refractivity contribution in [3.63, 3.8) is 0 Å². The number of hydrogen-bond donors (Lipinski definition) is 1. The molecule has 3 rings (SSSR count). The summed E-state index contributed by atoms with van der Waals surface area (Å²) in [5, 5.41) is 6.39. The summed E-state index contributed by atoms with van der Waals surface area (Å²) in [5.74, 6) is 0.253. The lowest BCUT2D eigenvalue weighted by atomic mass is 9.99. The van der Waals surface area contributed by atoms with Crippen LogP contribution >= 0.6 is 0 Å². The summed E-state index contributed by atoms with van der Waals surface area (Å²) in [6, 6.07) is 8.39. The van der Waals surface area contributed by atoms with Gasteiger partial charge >= 0.3 is 0 Å². The maximum atomic E-state index is 12.4. The maximum Gasteiger partial charge on any atom is 0.291 e. The van der Waals surface area contributed by atoms with E-state index in [9.17, 15) is 4.79 Å². The number of aryl methyl sites for hydroxylation is 1. The average Bonchev–Trinajstić information content (AvgIpc) is 3.10. The molecule has 0 aliphatic carbocycles. The molecule has 1 N–H and O–H groups in total. The Morgan fingerprint density at radius 1 is 1.42 bits per heavy atom. The first-order valence-electron chi connectivity index (χ1n) is 6.49. The predicted molar refractivity (Wildman–Crippen MR) is 70.6 cm³/mol. The fourth-order valence-electron chi connectivity index (χ4n) is 2.74. The van der Waals surface area contributed by atoms with E-state index in [2.05, 4.69) is 34.2 Å². The Kier molecular flexibility index (Phi) is 3.03. The van der Waals surface area contributed by atoms with Gasteiger partial charge < -0.3 is 4.90 Å². The molecule has 2 aromatic rings. The van der Waals surface area contributed by atoms with Gasteiger partial charge in [0.05, 0.1) is 6.04 Å². The van der Waals surface area contributed by atoms with Gasteiger partial charge in [-0.1, -0.05) is 24.3 Å². The molecule has 1 saturated heterocycles. The van der Waals surface area contributed by atoms with Crippen LogP contribution in [0.2, 0.25) is 0 Å². The number of carbonyl (C=O) groups is 1. The molecular weight excluding hydrogens is 240 g/mol. The zero-order valence-corrected chi connectivity index (χ0v) is 10.8. The fourth-order valence-corrected chi connectivity index (χ4v) is 2.74. The highest BCUT2D eigenvalue weighted by Gasteiger charge is 2.32. The largest absolute Gasteiger partial charge is 0.329 e. The molecule has 1 aromatic carbocycles. The minimum atomic E-state index is -0.0664. The summed E-state index contributed by atoms with van der Waals surface area (Å²) in [7, 11) is 0. The number of aromatic amines is 1. The van der Waals surface area contributed by atoms with Crippen LogP contribution in [0, 0.1) is 6.92 Å². The topological polar surface area (TPSA) is 61.9 Å². The second-order valence-corrected chi connectivity index (χ2v) is 4.85. The summed E-state index contributed by atoms with van der Waals surface area (Å²) in [4.78, 5) is 18.2. The highest BCUT2D eigenvalue weighted by Crippen LogP contribution is 2.34. The SMILES string of the molecule is Cc1ccccc1C1CCCN1C(=O)c1ncn[nH]1. The van der Waals surface area contributed by atoms with Crippen LogP contribution in [0.3, 0.4) is 0 Å². The van der Waals surface area contributed by atoms with Gasteiger partial charge in [-0.25, -0.2) is 4.98 Å². The molecule has 0 radical (unpaired) electrons. The number of aromatic nitrogens is 3. The first kappa shape index (κ1) is 11.9. The van der Waals surface area contributed by atoms with Crippen LogP contribution in [-0.2, 0) is 0 Å². The number of rotatable bonds is 2. The van der Waals surface area contributed by atoms with Crippen molar-refractivity contribution in [3.05, 3.63) is 47.5 Å². The van der Waals surface area contributed by atoms with Crippen LogP contribution < -0.4 is 0 Å². The average molecular weight is 256 g/mol. The number of benzene rings is 1. The van der Waals surface area contributed by atoms with Crippen molar-refractivity contribution in [2.75, 3.05) is 6.54 Å². The highest BCUT2D eigenvalue weighted by atomic mass is 16.2.